The van der Waals surface area contributed by atoms with E-state index < -0.39 is 0 Å². The Bertz CT molecular complexity index is 355. The number of anilines is 1. The Morgan fingerprint density at radius 3 is 2.26 bits per heavy atom. The van der Waals surface area contributed by atoms with Crippen molar-refractivity contribution < 1.29 is 0 Å². The van der Waals surface area contributed by atoms with Crippen LogP contribution in [0.4, 0.5) is 5.82 Å². The molecule has 0 fully saturated rings. The monoisotopic (exact) mass is 265 g/mol. The van der Waals surface area contributed by atoms with Crippen molar-refractivity contribution in [1.29, 1.82) is 0 Å². The van der Waals surface area contributed by atoms with E-state index in [9.17, 15) is 0 Å². The van der Waals surface area contributed by atoms with Crippen LogP contribution in [0.1, 0.15) is 77.2 Å². The molecule has 0 saturated heterocycles. The SMILES string of the molecule is CCCCCCCc1nc(CCC)n(CCC)c1N. The highest BCUT2D eigenvalue weighted by Crippen LogP contribution is 2.19. The molecule has 0 spiro atoms. The summed E-state index contributed by atoms with van der Waals surface area (Å²) in [5.74, 6) is 2.10. The number of aryl methyl sites for hydroxylation is 2. The van der Waals surface area contributed by atoms with Gasteiger partial charge in [0.1, 0.15) is 11.6 Å². The fourth-order valence-electron chi connectivity index (χ4n) is 2.54. The summed E-state index contributed by atoms with van der Waals surface area (Å²) in [6.45, 7) is 7.65. The first-order chi connectivity index (χ1) is 9.24. The Balaban J connectivity index is 2.59. The van der Waals surface area contributed by atoms with Gasteiger partial charge in [0.25, 0.3) is 0 Å². The number of unbranched alkanes of at least 4 members (excludes halogenated alkanes) is 4. The predicted molar refractivity (Wildman–Crippen MR) is 83.4 cm³/mol. The van der Waals surface area contributed by atoms with E-state index in [0.29, 0.717) is 0 Å². The van der Waals surface area contributed by atoms with Crippen LogP contribution >= 0.6 is 0 Å². The molecule has 0 saturated carbocycles. The highest BCUT2D eigenvalue weighted by molar-refractivity contribution is 5.38. The second-order valence-corrected chi connectivity index (χ2v) is 5.43. The van der Waals surface area contributed by atoms with Gasteiger partial charge in [-0.1, -0.05) is 46.5 Å². The number of nitrogens with two attached hydrogens (primary N) is 1. The smallest absolute Gasteiger partial charge is 0.126 e. The van der Waals surface area contributed by atoms with Gasteiger partial charge in [0.15, 0.2) is 0 Å². The summed E-state index contributed by atoms with van der Waals surface area (Å²) >= 11 is 0. The maximum Gasteiger partial charge on any atom is 0.126 e. The average molecular weight is 265 g/mol. The van der Waals surface area contributed by atoms with Crippen molar-refractivity contribution in [3.8, 4) is 0 Å². The topological polar surface area (TPSA) is 43.8 Å². The predicted octanol–water partition coefficient (Wildman–Crippen LogP) is 4.34. The third kappa shape index (κ3) is 4.88. The molecule has 1 aromatic heterocycles. The van der Waals surface area contributed by atoms with Gasteiger partial charge in [-0.05, 0) is 25.7 Å². The molecule has 110 valence electrons. The van der Waals surface area contributed by atoms with Crippen LogP contribution < -0.4 is 5.73 Å². The Kier molecular flexibility index (Phi) is 7.61. The number of imidazole rings is 1. The van der Waals surface area contributed by atoms with Gasteiger partial charge in [0, 0.05) is 13.0 Å². The molecule has 19 heavy (non-hydrogen) atoms. The molecule has 0 aliphatic rings. The summed E-state index contributed by atoms with van der Waals surface area (Å²) in [6.07, 6.45) is 10.9. The molecular formula is C16H31N3. The van der Waals surface area contributed by atoms with Gasteiger partial charge < -0.3 is 10.3 Å². The summed E-state index contributed by atoms with van der Waals surface area (Å²) in [5.41, 5.74) is 7.39. The van der Waals surface area contributed by atoms with Crippen LogP contribution in [0.2, 0.25) is 0 Å². The van der Waals surface area contributed by atoms with Crippen molar-refractivity contribution in [1.82, 2.24) is 9.55 Å². The Morgan fingerprint density at radius 2 is 1.63 bits per heavy atom. The molecule has 0 radical (unpaired) electrons. The molecule has 2 N–H and O–H groups in total. The zero-order chi connectivity index (χ0) is 14.1. The van der Waals surface area contributed by atoms with E-state index in [-0.39, 0.29) is 0 Å². The standard InChI is InChI=1S/C16H31N3/c1-4-7-8-9-10-12-14-16(17)19(13-6-3)15(18-14)11-5-2/h4-13,17H2,1-3H3. The summed E-state index contributed by atoms with van der Waals surface area (Å²) < 4.78 is 2.23. The number of rotatable bonds is 10. The lowest BCUT2D eigenvalue weighted by Crippen LogP contribution is -2.07. The van der Waals surface area contributed by atoms with Gasteiger partial charge in [-0.15, -0.1) is 0 Å². The van der Waals surface area contributed by atoms with Crippen LogP contribution in [0.25, 0.3) is 0 Å². The Labute approximate surface area is 118 Å². The van der Waals surface area contributed by atoms with E-state index in [4.69, 9.17) is 10.7 Å². The average Bonchev–Trinajstić information content (AvgIpc) is 2.68. The highest BCUT2D eigenvalue weighted by atomic mass is 15.1. The second kappa shape index (κ2) is 9.00. The van der Waals surface area contributed by atoms with Crippen molar-refractivity contribution in [2.24, 2.45) is 0 Å². The number of hydrogen-bond acceptors (Lipinski definition) is 2. The van der Waals surface area contributed by atoms with Crippen molar-refractivity contribution in [2.45, 2.75) is 85.1 Å². The number of nitrogens with zero attached hydrogens (tertiary/aromatic N) is 2. The van der Waals surface area contributed by atoms with E-state index in [1.165, 1.54) is 37.9 Å². The molecule has 0 aliphatic carbocycles. The molecule has 0 aliphatic heterocycles. The molecule has 1 heterocycles. The van der Waals surface area contributed by atoms with Gasteiger partial charge in [0.05, 0.1) is 5.69 Å². The van der Waals surface area contributed by atoms with Crippen molar-refractivity contribution in [3.05, 3.63) is 11.5 Å². The van der Waals surface area contributed by atoms with E-state index in [0.717, 1.165) is 43.7 Å². The number of nitrogen functional groups attached to an aromatic ring is 1. The van der Waals surface area contributed by atoms with Crippen LogP contribution in [-0.2, 0) is 19.4 Å². The molecule has 0 bridgehead atoms. The minimum absolute atomic E-state index is 0.917. The Hall–Kier alpha value is -0.990. The summed E-state index contributed by atoms with van der Waals surface area (Å²) in [7, 11) is 0. The maximum absolute atomic E-state index is 6.26. The third-order valence-corrected chi connectivity index (χ3v) is 3.60. The zero-order valence-corrected chi connectivity index (χ0v) is 13.0. The van der Waals surface area contributed by atoms with E-state index >= 15 is 0 Å². The number of hydrogen-bond donors (Lipinski definition) is 1. The molecule has 3 nitrogen and oxygen atoms in total. The minimum atomic E-state index is 0.917. The maximum atomic E-state index is 6.26. The van der Waals surface area contributed by atoms with Gasteiger partial charge in [-0.2, -0.15) is 0 Å². The van der Waals surface area contributed by atoms with Crippen molar-refractivity contribution >= 4 is 5.82 Å². The first-order valence-corrected chi connectivity index (χ1v) is 8.08. The van der Waals surface area contributed by atoms with Crippen LogP contribution in [0.3, 0.4) is 0 Å². The second-order valence-electron chi connectivity index (χ2n) is 5.43. The molecule has 0 amide bonds. The van der Waals surface area contributed by atoms with Crippen LogP contribution in [-0.4, -0.2) is 9.55 Å². The van der Waals surface area contributed by atoms with Crippen molar-refractivity contribution in [2.75, 3.05) is 5.73 Å². The van der Waals surface area contributed by atoms with E-state index in [1.807, 2.05) is 0 Å². The highest BCUT2D eigenvalue weighted by Gasteiger charge is 2.12. The largest absolute Gasteiger partial charge is 0.384 e. The normalized spacial score (nSPS) is 11.1. The first kappa shape index (κ1) is 16.1. The molecule has 0 aromatic carbocycles. The van der Waals surface area contributed by atoms with Crippen LogP contribution in [0, 0.1) is 0 Å². The summed E-state index contributed by atoms with van der Waals surface area (Å²) in [5, 5.41) is 0. The van der Waals surface area contributed by atoms with Crippen LogP contribution in [0.5, 0.6) is 0 Å². The van der Waals surface area contributed by atoms with Crippen molar-refractivity contribution in [3.63, 3.8) is 0 Å². The lowest BCUT2D eigenvalue weighted by atomic mass is 10.1. The van der Waals surface area contributed by atoms with E-state index in [2.05, 4.69) is 25.3 Å². The van der Waals surface area contributed by atoms with Gasteiger partial charge in [-0.3, -0.25) is 0 Å². The molecule has 3 heteroatoms. The minimum Gasteiger partial charge on any atom is -0.384 e. The molecule has 1 rings (SSSR count). The fraction of sp³-hybridized carbons (Fsp3) is 0.812. The molecule has 0 atom stereocenters. The third-order valence-electron chi connectivity index (χ3n) is 3.60. The molecule has 1 aromatic rings. The lowest BCUT2D eigenvalue weighted by molar-refractivity contribution is 0.629. The van der Waals surface area contributed by atoms with Gasteiger partial charge >= 0.3 is 0 Å². The zero-order valence-electron chi connectivity index (χ0n) is 13.0. The Morgan fingerprint density at radius 1 is 0.895 bits per heavy atom. The van der Waals surface area contributed by atoms with Gasteiger partial charge in [0.2, 0.25) is 0 Å². The summed E-state index contributed by atoms with van der Waals surface area (Å²) in [6, 6.07) is 0. The van der Waals surface area contributed by atoms with Crippen LogP contribution in [0.15, 0.2) is 0 Å². The summed E-state index contributed by atoms with van der Waals surface area (Å²) in [4.78, 5) is 4.77. The molecular weight excluding hydrogens is 234 g/mol. The van der Waals surface area contributed by atoms with E-state index in [1.54, 1.807) is 0 Å². The first-order valence-electron chi connectivity index (χ1n) is 8.08. The lowest BCUT2D eigenvalue weighted by Gasteiger charge is -2.07. The fourth-order valence-corrected chi connectivity index (χ4v) is 2.54. The quantitative estimate of drug-likeness (QED) is 0.639. The van der Waals surface area contributed by atoms with Gasteiger partial charge in [-0.25, -0.2) is 4.98 Å². The number of aromatic nitrogens is 2. The molecule has 0 unspecified atom stereocenters.